The molecule has 3 nitrogen and oxygen atoms in total. The predicted octanol–water partition coefficient (Wildman–Crippen LogP) is 5.63. The summed E-state index contributed by atoms with van der Waals surface area (Å²) in [6.45, 7) is 4.34. The summed E-state index contributed by atoms with van der Waals surface area (Å²) in [4.78, 5) is 0. The number of hydrogen-bond donors (Lipinski definition) is 0. The highest BCUT2D eigenvalue weighted by Crippen LogP contribution is 2.52. The summed E-state index contributed by atoms with van der Waals surface area (Å²) in [6, 6.07) is 14.4. The minimum Gasteiger partial charge on any atom is -0.457 e. The van der Waals surface area contributed by atoms with Gasteiger partial charge in [0, 0.05) is 18.6 Å². The number of halogens is 1. The first-order valence-electron chi connectivity index (χ1n) is 9.89. The van der Waals surface area contributed by atoms with E-state index in [9.17, 15) is 4.39 Å². The maximum Gasteiger partial charge on any atom is 0.127 e. The SMILES string of the molecule is CCOCCC12CCC(c3cccc(Oc4ccc(F)cc4)c3)(CC1)CO2. The summed E-state index contributed by atoms with van der Waals surface area (Å²) in [5.41, 5.74) is 1.37. The van der Waals surface area contributed by atoms with Gasteiger partial charge in [-0.25, -0.2) is 4.39 Å². The maximum absolute atomic E-state index is 13.1. The Labute approximate surface area is 160 Å². The smallest absolute Gasteiger partial charge is 0.127 e. The van der Waals surface area contributed by atoms with Crippen LogP contribution in [-0.4, -0.2) is 25.4 Å². The fraction of sp³-hybridized carbons (Fsp3) is 0.478. The first-order valence-corrected chi connectivity index (χ1v) is 9.89. The minimum absolute atomic E-state index is 0.0130. The lowest BCUT2D eigenvalue weighted by Gasteiger charge is -2.53. The molecule has 4 heteroatoms. The average Bonchev–Trinajstić information content (AvgIpc) is 2.72. The van der Waals surface area contributed by atoms with Crippen LogP contribution in [-0.2, 0) is 14.9 Å². The van der Waals surface area contributed by atoms with Gasteiger partial charge >= 0.3 is 0 Å². The largest absolute Gasteiger partial charge is 0.457 e. The lowest BCUT2D eigenvalue weighted by atomic mass is 9.62. The van der Waals surface area contributed by atoms with Crippen LogP contribution in [0.15, 0.2) is 48.5 Å². The molecule has 2 aromatic rings. The molecule has 0 unspecified atom stereocenters. The molecular weight excluding hydrogens is 343 g/mol. The van der Waals surface area contributed by atoms with Gasteiger partial charge in [-0.05, 0) is 81.0 Å². The Morgan fingerprint density at radius 1 is 1.00 bits per heavy atom. The number of ether oxygens (including phenoxy) is 3. The molecule has 2 aliphatic heterocycles. The molecule has 0 spiro atoms. The minimum atomic E-state index is -0.260. The van der Waals surface area contributed by atoms with Crippen molar-refractivity contribution in [2.75, 3.05) is 19.8 Å². The number of hydrogen-bond acceptors (Lipinski definition) is 3. The van der Waals surface area contributed by atoms with Crippen molar-refractivity contribution in [1.82, 2.24) is 0 Å². The van der Waals surface area contributed by atoms with Gasteiger partial charge in [0.1, 0.15) is 17.3 Å². The van der Waals surface area contributed by atoms with E-state index in [1.807, 2.05) is 19.1 Å². The molecule has 144 valence electrons. The van der Waals surface area contributed by atoms with Gasteiger partial charge in [-0.2, -0.15) is 0 Å². The van der Waals surface area contributed by atoms with Crippen LogP contribution >= 0.6 is 0 Å². The molecule has 0 N–H and O–H groups in total. The molecule has 27 heavy (non-hydrogen) atoms. The monoisotopic (exact) mass is 370 g/mol. The predicted molar refractivity (Wildman–Crippen MR) is 103 cm³/mol. The maximum atomic E-state index is 13.1. The Balaban J connectivity index is 1.46. The van der Waals surface area contributed by atoms with Crippen LogP contribution in [0.3, 0.4) is 0 Å². The molecular formula is C23H27FO3. The summed E-state index contributed by atoms with van der Waals surface area (Å²) in [7, 11) is 0. The molecule has 0 amide bonds. The van der Waals surface area contributed by atoms with Crippen LogP contribution in [0.2, 0.25) is 0 Å². The third kappa shape index (κ3) is 3.87. The zero-order valence-corrected chi connectivity index (χ0v) is 15.9. The van der Waals surface area contributed by atoms with Gasteiger partial charge in [0.05, 0.1) is 12.2 Å². The summed E-state index contributed by atoms with van der Waals surface area (Å²) >= 11 is 0. The van der Waals surface area contributed by atoms with E-state index < -0.39 is 0 Å². The number of benzene rings is 2. The zero-order chi connectivity index (χ0) is 18.7. The number of rotatable bonds is 7. The van der Waals surface area contributed by atoms with Crippen molar-refractivity contribution in [3.63, 3.8) is 0 Å². The van der Waals surface area contributed by atoms with Crippen molar-refractivity contribution in [2.24, 2.45) is 0 Å². The Bertz CT molecular complexity index is 747. The van der Waals surface area contributed by atoms with E-state index in [-0.39, 0.29) is 16.8 Å². The molecule has 5 rings (SSSR count). The van der Waals surface area contributed by atoms with E-state index in [4.69, 9.17) is 14.2 Å². The lowest BCUT2D eigenvalue weighted by molar-refractivity contribution is -0.166. The Hall–Kier alpha value is -1.91. The molecule has 0 aromatic heterocycles. The lowest BCUT2D eigenvalue weighted by Crippen LogP contribution is -2.53. The molecule has 3 aliphatic rings. The summed E-state index contributed by atoms with van der Waals surface area (Å²) in [5.74, 6) is 1.17. The topological polar surface area (TPSA) is 27.7 Å². The summed E-state index contributed by atoms with van der Waals surface area (Å²) in [5, 5.41) is 0. The van der Waals surface area contributed by atoms with Gasteiger partial charge in [-0.1, -0.05) is 12.1 Å². The second kappa shape index (κ2) is 7.61. The van der Waals surface area contributed by atoms with Gasteiger partial charge in [0.25, 0.3) is 0 Å². The van der Waals surface area contributed by atoms with E-state index in [1.165, 1.54) is 17.7 Å². The van der Waals surface area contributed by atoms with Crippen LogP contribution < -0.4 is 4.74 Å². The highest BCUT2D eigenvalue weighted by atomic mass is 19.1. The molecule has 1 aliphatic carbocycles. The van der Waals surface area contributed by atoms with Gasteiger partial charge in [0.15, 0.2) is 0 Å². The highest BCUT2D eigenvalue weighted by molar-refractivity contribution is 5.38. The van der Waals surface area contributed by atoms with E-state index in [2.05, 4.69) is 12.1 Å². The number of fused-ring (bicyclic) bond motifs is 3. The molecule has 2 aromatic carbocycles. The summed E-state index contributed by atoms with van der Waals surface area (Å²) in [6.07, 6.45) is 5.44. The standard InChI is InChI=1S/C23H27FO3/c1-2-25-15-14-23-12-10-22(11-13-23,17-26-23)18-4-3-5-21(16-18)27-20-8-6-19(24)7-9-20/h3-9,16H,2,10-15,17H2,1H3. The first kappa shape index (κ1) is 18.5. The van der Waals surface area contributed by atoms with E-state index in [0.717, 1.165) is 57.7 Å². The normalized spacial score (nSPS) is 26.9. The van der Waals surface area contributed by atoms with Gasteiger partial charge in [0.2, 0.25) is 0 Å². The van der Waals surface area contributed by atoms with Crippen molar-refractivity contribution < 1.29 is 18.6 Å². The quantitative estimate of drug-likeness (QED) is 0.592. The van der Waals surface area contributed by atoms with E-state index in [0.29, 0.717) is 5.75 Å². The second-order valence-electron chi connectivity index (χ2n) is 7.78. The molecule has 1 saturated carbocycles. The first-order chi connectivity index (χ1) is 13.1. The van der Waals surface area contributed by atoms with Gasteiger partial charge in [-0.15, -0.1) is 0 Å². The molecule has 2 bridgehead atoms. The van der Waals surface area contributed by atoms with Gasteiger partial charge < -0.3 is 14.2 Å². The van der Waals surface area contributed by atoms with Crippen molar-refractivity contribution in [3.8, 4) is 11.5 Å². The third-order valence-electron chi connectivity index (χ3n) is 6.17. The van der Waals surface area contributed by atoms with Crippen LogP contribution in [0, 0.1) is 5.82 Å². The molecule has 3 fully saturated rings. The van der Waals surface area contributed by atoms with Crippen molar-refractivity contribution in [2.45, 2.75) is 50.0 Å². The highest BCUT2D eigenvalue weighted by Gasteiger charge is 2.50. The third-order valence-corrected chi connectivity index (χ3v) is 6.17. The average molecular weight is 370 g/mol. The fourth-order valence-electron chi connectivity index (χ4n) is 4.39. The van der Waals surface area contributed by atoms with Crippen LogP contribution in [0.1, 0.15) is 44.6 Å². The van der Waals surface area contributed by atoms with E-state index >= 15 is 0 Å². The molecule has 2 heterocycles. The second-order valence-corrected chi connectivity index (χ2v) is 7.78. The molecule has 0 radical (unpaired) electrons. The Kier molecular flexibility index (Phi) is 5.20. The summed E-state index contributed by atoms with van der Waals surface area (Å²) < 4.78 is 30.9. The van der Waals surface area contributed by atoms with Crippen molar-refractivity contribution in [3.05, 3.63) is 59.9 Å². The van der Waals surface area contributed by atoms with Crippen LogP contribution in [0.5, 0.6) is 11.5 Å². The molecule has 2 saturated heterocycles. The van der Waals surface area contributed by atoms with Crippen LogP contribution in [0.25, 0.3) is 0 Å². The van der Waals surface area contributed by atoms with Gasteiger partial charge in [-0.3, -0.25) is 0 Å². The van der Waals surface area contributed by atoms with Crippen molar-refractivity contribution in [1.29, 1.82) is 0 Å². The Morgan fingerprint density at radius 3 is 2.44 bits per heavy atom. The van der Waals surface area contributed by atoms with E-state index in [1.54, 1.807) is 12.1 Å². The van der Waals surface area contributed by atoms with Crippen molar-refractivity contribution >= 4 is 0 Å². The zero-order valence-electron chi connectivity index (χ0n) is 15.9. The fourth-order valence-corrected chi connectivity index (χ4v) is 4.39. The molecule has 0 atom stereocenters. The van der Waals surface area contributed by atoms with Crippen LogP contribution in [0.4, 0.5) is 4.39 Å². The Morgan fingerprint density at radius 2 is 1.78 bits per heavy atom.